The Labute approximate surface area is 236 Å². The van der Waals surface area contributed by atoms with E-state index < -0.39 is 23.2 Å². The minimum Gasteiger partial charge on any atom is -0.462 e. The molecule has 4 aliphatic carbocycles. The van der Waals surface area contributed by atoms with Gasteiger partial charge in [-0.25, -0.2) is 4.79 Å². The van der Waals surface area contributed by atoms with Crippen molar-refractivity contribution in [2.45, 2.75) is 115 Å². The molecule has 4 saturated carbocycles. The molecule has 40 heavy (non-hydrogen) atoms. The molecule has 3 unspecified atom stereocenters. The summed E-state index contributed by atoms with van der Waals surface area (Å²) in [6.45, 7) is 6.42. The third-order valence-corrected chi connectivity index (χ3v) is 12.1. The number of aliphatic hydroxyl groups is 2. The summed E-state index contributed by atoms with van der Waals surface area (Å²) in [7, 11) is 1.61. The summed E-state index contributed by atoms with van der Waals surface area (Å²) in [5.74, 6) is 0.0364. The lowest BCUT2D eigenvalue weighted by Gasteiger charge is -2.63. The van der Waals surface area contributed by atoms with E-state index in [1.807, 2.05) is 0 Å². The van der Waals surface area contributed by atoms with Crippen LogP contribution < -0.4 is 0 Å². The van der Waals surface area contributed by atoms with Gasteiger partial charge in [-0.15, -0.1) is 0 Å². The van der Waals surface area contributed by atoms with Gasteiger partial charge < -0.3 is 33.9 Å². The molecule has 224 valence electrons. The number of ether oxygens (including phenoxy) is 5. The lowest BCUT2D eigenvalue weighted by Crippen LogP contribution is -2.62. The molecule has 2 aliphatic heterocycles. The van der Waals surface area contributed by atoms with Crippen molar-refractivity contribution in [1.82, 2.24) is 0 Å². The fraction of sp³-hybridized carbons (Fsp3) is 0.871. The molecule has 2 N–H and O–H groups in total. The van der Waals surface area contributed by atoms with Gasteiger partial charge in [0.15, 0.2) is 6.29 Å². The molecule has 9 heteroatoms. The van der Waals surface area contributed by atoms with Gasteiger partial charge in [0, 0.05) is 44.3 Å². The summed E-state index contributed by atoms with van der Waals surface area (Å²) < 4.78 is 28.8. The minimum absolute atomic E-state index is 0.0965. The molecule has 5 fully saturated rings. The molecule has 0 aromatic rings. The Balaban J connectivity index is 1.20. The Kier molecular flexibility index (Phi) is 7.39. The molecule has 0 aromatic carbocycles. The molecular formula is C31H46O9. The third-order valence-electron chi connectivity index (χ3n) is 12.1. The highest BCUT2D eigenvalue weighted by atomic mass is 16.7. The van der Waals surface area contributed by atoms with Gasteiger partial charge in [0.25, 0.3) is 0 Å². The zero-order valence-electron chi connectivity index (χ0n) is 24.3. The van der Waals surface area contributed by atoms with Crippen LogP contribution in [0.25, 0.3) is 0 Å². The van der Waals surface area contributed by atoms with Gasteiger partial charge in [-0.3, -0.25) is 4.79 Å². The number of hydrogen-bond acceptors (Lipinski definition) is 9. The van der Waals surface area contributed by atoms with Crippen LogP contribution in [0.4, 0.5) is 0 Å². The lowest BCUT2D eigenvalue weighted by molar-refractivity contribution is -0.253. The van der Waals surface area contributed by atoms with Gasteiger partial charge >= 0.3 is 11.9 Å². The number of carbonyl (C=O) groups is 2. The van der Waals surface area contributed by atoms with Gasteiger partial charge in [-0.05, 0) is 73.7 Å². The Morgan fingerprint density at radius 3 is 2.58 bits per heavy atom. The summed E-state index contributed by atoms with van der Waals surface area (Å²) in [6, 6.07) is 0. The van der Waals surface area contributed by atoms with Crippen molar-refractivity contribution < 1.29 is 43.5 Å². The molecule has 0 spiro atoms. The second-order valence-corrected chi connectivity index (χ2v) is 13.9. The zero-order chi connectivity index (χ0) is 28.4. The first kappa shape index (κ1) is 28.6. The average molecular weight is 563 g/mol. The molecule has 0 amide bonds. The molecule has 2 heterocycles. The van der Waals surface area contributed by atoms with Crippen molar-refractivity contribution in [1.29, 1.82) is 0 Å². The van der Waals surface area contributed by atoms with Crippen molar-refractivity contribution >= 4 is 11.9 Å². The van der Waals surface area contributed by atoms with Gasteiger partial charge in [0.2, 0.25) is 0 Å². The van der Waals surface area contributed by atoms with Gasteiger partial charge in [-0.2, -0.15) is 0 Å². The lowest BCUT2D eigenvalue weighted by atomic mass is 9.43. The molecule has 12 atom stereocenters. The van der Waals surface area contributed by atoms with E-state index in [1.165, 1.54) is 6.92 Å². The Morgan fingerprint density at radius 1 is 1.07 bits per heavy atom. The molecule has 0 radical (unpaired) electrons. The number of fused-ring (bicyclic) bond motifs is 5. The third kappa shape index (κ3) is 4.46. The smallest absolute Gasteiger partial charge is 0.331 e. The second-order valence-electron chi connectivity index (χ2n) is 13.9. The summed E-state index contributed by atoms with van der Waals surface area (Å²) in [5, 5.41) is 22.7. The van der Waals surface area contributed by atoms with Gasteiger partial charge in [0.1, 0.15) is 18.8 Å². The van der Waals surface area contributed by atoms with Gasteiger partial charge in [0.05, 0.1) is 24.4 Å². The summed E-state index contributed by atoms with van der Waals surface area (Å²) in [4.78, 5) is 24.1. The van der Waals surface area contributed by atoms with E-state index in [-0.39, 0.29) is 60.9 Å². The minimum atomic E-state index is -0.986. The Bertz CT molecular complexity index is 1040. The van der Waals surface area contributed by atoms with E-state index >= 15 is 0 Å². The van der Waals surface area contributed by atoms with Crippen LogP contribution in [0.3, 0.4) is 0 Å². The van der Waals surface area contributed by atoms with Crippen LogP contribution in [0.1, 0.15) is 78.6 Å². The predicted molar refractivity (Wildman–Crippen MR) is 143 cm³/mol. The van der Waals surface area contributed by atoms with Crippen molar-refractivity contribution in [2.24, 2.45) is 34.5 Å². The molecule has 6 rings (SSSR count). The molecule has 1 saturated heterocycles. The summed E-state index contributed by atoms with van der Waals surface area (Å²) in [5.41, 5.74) is -0.545. The molecule has 6 aliphatic rings. The monoisotopic (exact) mass is 562 g/mol. The first-order valence-corrected chi connectivity index (χ1v) is 15.2. The maximum atomic E-state index is 12.7. The quantitative estimate of drug-likeness (QED) is 0.384. The first-order valence-electron chi connectivity index (χ1n) is 15.2. The van der Waals surface area contributed by atoms with Crippen LogP contribution >= 0.6 is 0 Å². The number of cyclic esters (lactones) is 1. The Morgan fingerprint density at radius 2 is 1.88 bits per heavy atom. The van der Waals surface area contributed by atoms with Crippen LogP contribution in [0.2, 0.25) is 0 Å². The van der Waals surface area contributed by atoms with Crippen LogP contribution in [0.15, 0.2) is 11.6 Å². The first-order chi connectivity index (χ1) is 19.0. The molecule has 0 aromatic heterocycles. The van der Waals surface area contributed by atoms with E-state index in [2.05, 4.69) is 13.8 Å². The van der Waals surface area contributed by atoms with Gasteiger partial charge in [-0.1, -0.05) is 13.8 Å². The summed E-state index contributed by atoms with van der Waals surface area (Å²) >= 11 is 0. The van der Waals surface area contributed by atoms with Crippen LogP contribution in [0, 0.1) is 34.5 Å². The van der Waals surface area contributed by atoms with Crippen molar-refractivity contribution in [3.05, 3.63) is 11.6 Å². The number of aliphatic hydroxyl groups excluding tert-OH is 1. The normalized spacial score (nSPS) is 50.3. The standard InChI is InChI=1S/C31H46O9/c1-17(32)39-25-14-31(35)22-6-5-19-12-20(40-27-13-24(36-4)23(33)16-38-27)7-9-29(19,2)21(22)8-10-30(31,3)28(25)18-11-26(34)37-15-18/h11,19-25,27-28,33,35H,5-10,12-16H2,1-4H3/t19?,20-,21?,22+,23-,24-,25-,27?,28-,29-,30+,31-/m0/s1. The fourth-order valence-corrected chi connectivity index (χ4v) is 10.2. The van der Waals surface area contributed by atoms with Crippen LogP contribution in [-0.4, -0.2) is 78.8 Å². The second kappa shape index (κ2) is 10.3. The number of methoxy groups -OCH3 is 1. The molecule has 9 nitrogen and oxygen atoms in total. The average Bonchev–Trinajstić information content (AvgIpc) is 3.42. The summed E-state index contributed by atoms with van der Waals surface area (Å²) in [6.07, 6.45) is 7.60. The number of hydrogen-bond donors (Lipinski definition) is 2. The maximum absolute atomic E-state index is 12.7. The molecule has 0 bridgehead atoms. The van der Waals surface area contributed by atoms with Crippen molar-refractivity contribution in [3.8, 4) is 0 Å². The van der Waals surface area contributed by atoms with E-state index in [0.29, 0.717) is 24.7 Å². The number of rotatable bonds is 5. The maximum Gasteiger partial charge on any atom is 0.331 e. The largest absolute Gasteiger partial charge is 0.462 e. The van der Waals surface area contributed by atoms with Crippen molar-refractivity contribution in [2.75, 3.05) is 20.3 Å². The highest BCUT2D eigenvalue weighted by Crippen LogP contribution is 2.70. The van der Waals surface area contributed by atoms with E-state index in [4.69, 9.17) is 23.7 Å². The number of carbonyl (C=O) groups excluding carboxylic acids is 2. The highest BCUT2D eigenvalue weighted by molar-refractivity contribution is 5.85. The zero-order valence-corrected chi connectivity index (χ0v) is 24.3. The van der Waals surface area contributed by atoms with E-state index in [0.717, 1.165) is 50.5 Å². The SMILES string of the molecule is CO[C@H]1CC(O[C@H]2CC[C@@]3(C)C(CC[C@@H]4C3CC[C@]3(C)[C@@H](C5=CC(=O)OC5)[C@@H](OC(C)=O)C[C@]43O)C2)OC[C@@H]1O. The van der Waals surface area contributed by atoms with Crippen molar-refractivity contribution in [3.63, 3.8) is 0 Å². The topological polar surface area (TPSA) is 121 Å². The van der Waals surface area contributed by atoms with E-state index in [1.54, 1.807) is 13.2 Å². The predicted octanol–water partition coefficient (Wildman–Crippen LogP) is 3.29. The number of esters is 2. The van der Waals surface area contributed by atoms with E-state index in [9.17, 15) is 19.8 Å². The van der Waals surface area contributed by atoms with Crippen LogP contribution in [-0.2, 0) is 33.3 Å². The van der Waals surface area contributed by atoms with Crippen LogP contribution in [0.5, 0.6) is 0 Å². The Hall–Kier alpha value is -1.52. The molecular weight excluding hydrogens is 516 g/mol. The fourth-order valence-electron chi connectivity index (χ4n) is 10.2. The highest BCUT2D eigenvalue weighted by Gasteiger charge is 2.71.